The number of halogens is 1. The van der Waals surface area contributed by atoms with Crippen molar-refractivity contribution in [2.75, 3.05) is 6.54 Å². The fraction of sp³-hybridized carbons (Fsp3) is 0.467. The van der Waals surface area contributed by atoms with Crippen LogP contribution >= 0.6 is 11.6 Å². The number of benzene rings is 1. The Hall–Kier alpha value is -1.55. The Morgan fingerprint density at radius 2 is 2.05 bits per heavy atom. The molecule has 5 heteroatoms. The largest absolute Gasteiger partial charge is 0.481 e. The molecule has 1 amide bonds. The van der Waals surface area contributed by atoms with Gasteiger partial charge in [0.25, 0.3) is 0 Å². The average Bonchev–Trinajstić information content (AvgIpc) is 3.18. The smallest absolute Gasteiger partial charge is 0.303 e. The number of carbonyl (C=O) groups is 2. The summed E-state index contributed by atoms with van der Waals surface area (Å²) < 4.78 is 0. The number of amides is 1. The maximum Gasteiger partial charge on any atom is 0.303 e. The van der Waals surface area contributed by atoms with Crippen molar-refractivity contribution in [2.45, 2.75) is 31.6 Å². The highest BCUT2D eigenvalue weighted by Crippen LogP contribution is 2.49. The molecule has 1 aliphatic rings. The van der Waals surface area contributed by atoms with Gasteiger partial charge in [0.2, 0.25) is 5.91 Å². The summed E-state index contributed by atoms with van der Waals surface area (Å²) in [6, 6.07) is 7.62. The maximum absolute atomic E-state index is 11.9. The Balaban J connectivity index is 1.71. The molecule has 1 aliphatic carbocycles. The molecule has 0 heterocycles. The van der Waals surface area contributed by atoms with E-state index in [1.807, 2.05) is 24.3 Å². The fourth-order valence-corrected chi connectivity index (χ4v) is 2.62. The quantitative estimate of drug-likeness (QED) is 0.760. The van der Waals surface area contributed by atoms with Gasteiger partial charge in [0.05, 0.1) is 0 Å². The molecule has 0 aromatic heterocycles. The maximum atomic E-state index is 11.9. The van der Waals surface area contributed by atoms with Crippen LogP contribution in [0.3, 0.4) is 0 Å². The molecule has 4 nitrogen and oxygen atoms in total. The van der Waals surface area contributed by atoms with Crippen LogP contribution in [-0.2, 0) is 9.59 Å². The normalized spacial score (nSPS) is 20.4. The molecule has 0 aliphatic heterocycles. The summed E-state index contributed by atoms with van der Waals surface area (Å²) in [5.41, 5.74) is 1.04. The third kappa shape index (κ3) is 3.97. The van der Waals surface area contributed by atoms with E-state index >= 15 is 0 Å². The van der Waals surface area contributed by atoms with E-state index in [1.54, 1.807) is 0 Å². The van der Waals surface area contributed by atoms with Crippen molar-refractivity contribution in [1.29, 1.82) is 0 Å². The zero-order valence-corrected chi connectivity index (χ0v) is 11.9. The minimum absolute atomic E-state index is 0.00868. The SMILES string of the molecule is O=C(O)CCCCNC(=O)C1CC1c1ccccc1Cl. The van der Waals surface area contributed by atoms with Crippen LogP contribution in [0.4, 0.5) is 0 Å². The van der Waals surface area contributed by atoms with Crippen molar-refractivity contribution in [1.82, 2.24) is 5.32 Å². The van der Waals surface area contributed by atoms with Gasteiger partial charge in [0.1, 0.15) is 0 Å². The van der Waals surface area contributed by atoms with Gasteiger partial charge in [0.15, 0.2) is 0 Å². The number of unbranched alkanes of at least 4 members (excludes halogenated alkanes) is 1. The number of carboxylic acids is 1. The van der Waals surface area contributed by atoms with Gasteiger partial charge in [-0.05, 0) is 36.8 Å². The first-order valence-electron chi connectivity index (χ1n) is 6.83. The lowest BCUT2D eigenvalue weighted by atomic mass is 10.1. The molecule has 2 N–H and O–H groups in total. The Morgan fingerprint density at radius 3 is 2.75 bits per heavy atom. The monoisotopic (exact) mass is 295 g/mol. The molecule has 2 atom stereocenters. The summed E-state index contributed by atoms with van der Waals surface area (Å²) in [4.78, 5) is 22.3. The van der Waals surface area contributed by atoms with Crippen molar-refractivity contribution in [3.63, 3.8) is 0 Å². The number of nitrogens with one attached hydrogen (secondary N) is 1. The van der Waals surface area contributed by atoms with E-state index in [0.717, 1.165) is 12.0 Å². The summed E-state index contributed by atoms with van der Waals surface area (Å²) >= 11 is 6.12. The Labute approximate surface area is 123 Å². The van der Waals surface area contributed by atoms with Gasteiger partial charge < -0.3 is 10.4 Å². The standard InChI is InChI=1S/C15H18ClNO3/c16-13-6-2-1-5-10(13)11-9-12(11)15(20)17-8-4-3-7-14(18)19/h1-2,5-6,11-12H,3-4,7-9H2,(H,17,20)(H,18,19). The number of carboxylic acid groups (broad SMARTS) is 1. The minimum atomic E-state index is -0.794. The fourth-order valence-electron chi connectivity index (χ4n) is 2.35. The van der Waals surface area contributed by atoms with Gasteiger partial charge in [-0.15, -0.1) is 0 Å². The highest BCUT2D eigenvalue weighted by molar-refractivity contribution is 6.31. The summed E-state index contributed by atoms with van der Waals surface area (Å²) in [7, 11) is 0. The number of aliphatic carboxylic acids is 1. The topological polar surface area (TPSA) is 66.4 Å². The van der Waals surface area contributed by atoms with E-state index in [-0.39, 0.29) is 24.2 Å². The first-order chi connectivity index (χ1) is 9.59. The lowest BCUT2D eigenvalue weighted by molar-refractivity contribution is -0.137. The van der Waals surface area contributed by atoms with Gasteiger partial charge in [-0.2, -0.15) is 0 Å². The van der Waals surface area contributed by atoms with Crippen LogP contribution < -0.4 is 5.32 Å². The molecule has 2 rings (SSSR count). The van der Waals surface area contributed by atoms with E-state index in [9.17, 15) is 9.59 Å². The molecular weight excluding hydrogens is 278 g/mol. The molecule has 2 unspecified atom stereocenters. The first-order valence-corrected chi connectivity index (χ1v) is 7.21. The van der Waals surface area contributed by atoms with Gasteiger partial charge in [-0.1, -0.05) is 29.8 Å². The van der Waals surface area contributed by atoms with Crippen LogP contribution in [0.15, 0.2) is 24.3 Å². The van der Waals surface area contributed by atoms with Gasteiger partial charge in [-0.25, -0.2) is 0 Å². The lowest BCUT2D eigenvalue weighted by Gasteiger charge is -2.05. The van der Waals surface area contributed by atoms with Crippen LogP contribution in [0, 0.1) is 5.92 Å². The van der Waals surface area contributed by atoms with Crippen molar-refractivity contribution in [2.24, 2.45) is 5.92 Å². The van der Waals surface area contributed by atoms with Crippen LogP contribution in [0.1, 0.15) is 37.2 Å². The van der Waals surface area contributed by atoms with Crippen LogP contribution in [0.25, 0.3) is 0 Å². The van der Waals surface area contributed by atoms with Crippen LogP contribution in [0.2, 0.25) is 5.02 Å². The number of hydrogen-bond donors (Lipinski definition) is 2. The van der Waals surface area contributed by atoms with Crippen molar-refractivity contribution in [3.05, 3.63) is 34.9 Å². The van der Waals surface area contributed by atoms with Gasteiger partial charge >= 0.3 is 5.97 Å². The molecule has 1 saturated carbocycles. The Bertz CT molecular complexity index is 504. The predicted molar refractivity (Wildman–Crippen MR) is 76.8 cm³/mol. The summed E-state index contributed by atoms with van der Waals surface area (Å²) in [5, 5.41) is 12.1. The van der Waals surface area contributed by atoms with Crippen LogP contribution in [-0.4, -0.2) is 23.5 Å². The van der Waals surface area contributed by atoms with Gasteiger partial charge in [0, 0.05) is 23.9 Å². The zero-order chi connectivity index (χ0) is 14.5. The van der Waals surface area contributed by atoms with Crippen molar-refractivity contribution >= 4 is 23.5 Å². The predicted octanol–water partition coefficient (Wildman–Crippen LogP) is 2.81. The molecular formula is C15H18ClNO3. The lowest BCUT2D eigenvalue weighted by Crippen LogP contribution is -2.26. The second-order valence-electron chi connectivity index (χ2n) is 5.11. The number of hydrogen-bond acceptors (Lipinski definition) is 2. The summed E-state index contributed by atoms with van der Waals surface area (Å²) in [5.74, 6) is -0.514. The van der Waals surface area contributed by atoms with E-state index in [0.29, 0.717) is 24.4 Å². The summed E-state index contributed by atoms with van der Waals surface area (Å²) in [6.07, 6.45) is 2.28. The molecule has 0 spiro atoms. The number of rotatable bonds is 7. The average molecular weight is 296 g/mol. The summed E-state index contributed by atoms with van der Waals surface area (Å²) in [6.45, 7) is 0.540. The molecule has 0 saturated heterocycles. The highest BCUT2D eigenvalue weighted by atomic mass is 35.5. The molecule has 1 aromatic carbocycles. The molecule has 0 bridgehead atoms. The van der Waals surface area contributed by atoms with Crippen molar-refractivity contribution in [3.8, 4) is 0 Å². The third-order valence-corrected chi connectivity index (χ3v) is 3.89. The zero-order valence-electron chi connectivity index (χ0n) is 11.1. The second kappa shape index (κ2) is 6.75. The van der Waals surface area contributed by atoms with E-state index in [2.05, 4.69) is 5.32 Å². The van der Waals surface area contributed by atoms with Crippen molar-refractivity contribution < 1.29 is 14.7 Å². The van der Waals surface area contributed by atoms with E-state index in [4.69, 9.17) is 16.7 Å². The highest BCUT2D eigenvalue weighted by Gasteiger charge is 2.44. The van der Waals surface area contributed by atoms with E-state index < -0.39 is 5.97 Å². The van der Waals surface area contributed by atoms with Crippen LogP contribution in [0.5, 0.6) is 0 Å². The molecule has 108 valence electrons. The second-order valence-corrected chi connectivity index (χ2v) is 5.52. The molecule has 1 fully saturated rings. The van der Waals surface area contributed by atoms with E-state index in [1.165, 1.54) is 0 Å². The molecule has 20 heavy (non-hydrogen) atoms. The van der Waals surface area contributed by atoms with Gasteiger partial charge in [-0.3, -0.25) is 9.59 Å². The third-order valence-electron chi connectivity index (χ3n) is 3.55. The number of carbonyl (C=O) groups excluding carboxylic acids is 1. The molecule has 1 aromatic rings. The minimum Gasteiger partial charge on any atom is -0.481 e. The molecule has 0 radical (unpaired) electrons. The Morgan fingerprint density at radius 1 is 1.30 bits per heavy atom. The Kier molecular flexibility index (Phi) is 5.01. The first kappa shape index (κ1) is 14.9.